The van der Waals surface area contributed by atoms with E-state index in [4.69, 9.17) is 23.2 Å². The summed E-state index contributed by atoms with van der Waals surface area (Å²) in [4.78, 5) is 3.83. The largest absolute Gasteiger partial charge is 0.264 e. The van der Waals surface area contributed by atoms with Gasteiger partial charge in [0.15, 0.2) is 5.82 Å². The highest BCUT2D eigenvalue weighted by atomic mass is 79.9. The Bertz CT molecular complexity index is 722. The fourth-order valence-corrected chi connectivity index (χ4v) is 3.60. The summed E-state index contributed by atoms with van der Waals surface area (Å²) >= 11 is 14.9. The molecule has 0 saturated carbocycles. The normalized spacial score (nSPS) is 11.3. The highest BCUT2D eigenvalue weighted by Gasteiger charge is 2.20. The van der Waals surface area contributed by atoms with Crippen LogP contribution in [0.15, 0.2) is 45.9 Å². The number of rotatable bonds is 3. The van der Waals surface area contributed by atoms with E-state index in [1.165, 1.54) is 24.4 Å². The molecule has 0 aliphatic carbocycles. The first-order chi connectivity index (χ1) is 8.90. The maximum Gasteiger partial charge on any atom is 0.264 e. The zero-order chi connectivity index (χ0) is 14.0. The zero-order valence-corrected chi connectivity index (χ0v) is 13.2. The molecular weight excluding hydrogens is 375 g/mol. The highest BCUT2D eigenvalue weighted by molar-refractivity contribution is 9.10. The molecule has 0 spiro atoms. The number of nitrogens with zero attached hydrogens (tertiary/aromatic N) is 1. The summed E-state index contributed by atoms with van der Waals surface area (Å²) in [7, 11) is -3.85. The van der Waals surface area contributed by atoms with Crippen LogP contribution in [0.5, 0.6) is 0 Å². The Morgan fingerprint density at radius 1 is 1.21 bits per heavy atom. The Hall–Kier alpha value is -0.820. The Morgan fingerprint density at radius 3 is 2.63 bits per heavy atom. The van der Waals surface area contributed by atoms with Crippen LogP contribution in [-0.4, -0.2) is 13.4 Å². The lowest BCUT2D eigenvalue weighted by atomic mass is 10.4. The second kappa shape index (κ2) is 5.66. The Labute approximate surface area is 128 Å². The Balaban J connectivity index is 2.44. The van der Waals surface area contributed by atoms with Crippen LogP contribution in [-0.2, 0) is 10.0 Å². The number of halogens is 3. The molecule has 0 saturated heterocycles. The summed E-state index contributed by atoms with van der Waals surface area (Å²) in [6, 6.07) is 7.56. The van der Waals surface area contributed by atoms with Crippen LogP contribution in [0.25, 0.3) is 0 Å². The van der Waals surface area contributed by atoms with Crippen molar-refractivity contribution in [1.29, 1.82) is 0 Å². The molecular formula is C11H7BrCl2N2O2S. The van der Waals surface area contributed by atoms with Gasteiger partial charge < -0.3 is 0 Å². The van der Waals surface area contributed by atoms with Gasteiger partial charge in [0.2, 0.25) is 0 Å². The third-order valence-corrected chi connectivity index (χ3v) is 4.87. The molecule has 0 aliphatic rings. The van der Waals surface area contributed by atoms with Gasteiger partial charge in [-0.05, 0) is 46.3 Å². The van der Waals surface area contributed by atoms with Crippen LogP contribution >= 0.6 is 39.1 Å². The average molecular weight is 382 g/mol. The van der Waals surface area contributed by atoms with E-state index in [0.717, 1.165) is 0 Å². The van der Waals surface area contributed by atoms with Gasteiger partial charge in [0, 0.05) is 11.2 Å². The van der Waals surface area contributed by atoms with Crippen molar-refractivity contribution in [2.24, 2.45) is 0 Å². The first kappa shape index (κ1) is 14.6. The SMILES string of the molecule is O=S(=O)(Nc1ncccc1Br)c1cc(Cl)ccc1Cl. The molecule has 2 rings (SSSR count). The lowest BCUT2D eigenvalue weighted by molar-refractivity contribution is 0.601. The molecule has 0 unspecified atom stereocenters. The van der Waals surface area contributed by atoms with Crippen molar-refractivity contribution < 1.29 is 8.42 Å². The number of hydrogen-bond acceptors (Lipinski definition) is 3. The fraction of sp³-hybridized carbons (Fsp3) is 0. The molecule has 8 heteroatoms. The number of sulfonamides is 1. The summed E-state index contributed by atoms with van der Waals surface area (Å²) in [6.07, 6.45) is 1.47. The van der Waals surface area contributed by atoms with Crippen molar-refractivity contribution in [2.75, 3.05) is 4.72 Å². The van der Waals surface area contributed by atoms with Gasteiger partial charge in [-0.25, -0.2) is 13.4 Å². The molecule has 2 aromatic rings. The smallest absolute Gasteiger partial charge is 0.262 e. The van der Waals surface area contributed by atoms with Gasteiger partial charge in [0.05, 0.1) is 9.50 Å². The molecule has 0 atom stereocenters. The van der Waals surface area contributed by atoms with E-state index >= 15 is 0 Å². The minimum Gasteiger partial charge on any atom is -0.262 e. The maximum atomic E-state index is 12.2. The van der Waals surface area contributed by atoms with E-state index in [-0.39, 0.29) is 20.8 Å². The second-order valence-corrected chi connectivity index (χ2v) is 6.86. The summed E-state index contributed by atoms with van der Waals surface area (Å²) in [5, 5.41) is 0.369. The quantitative estimate of drug-likeness (QED) is 0.875. The average Bonchev–Trinajstić information content (AvgIpc) is 2.35. The van der Waals surface area contributed by atoms with Crippen molar-refractivity contribution in [2.45, 2.75) is 4.90 Å². The van der Waals surface area contributed by atoms with Gasteiger partial charge >= 0.3 is 0 Å². The van der Waals surface area contributed by atoms with Crippen molar-refractivity contribution in [3.63, 3.8) is 0 Å². The van der Waals surface area contributed by atoms with Gasteiger partial charge in [-0.15, -0.1) is 0 Å². The van der Waals surface area contributed by atoms with Gasteiger partial charge in [0.1, 0.15) is 4.90 Å². The lowest BCUT2D eigenvalue weighted by Crippen LogP contribution is -2.14. The predicted octanol–water partition coefficient (Wildman–Crippen LogP) is 3.95. The summed E-state index contributed by atoms with van der Waals surface area (Å²) in [5.41, 5.74) is 0. The number of aromatic nitrogens is 1. The van der Waals surface area contributed by atoms with Crippen LogP contribution in [0, 0.1) is 0 Å². The molecule has 19 heavy (non-hydrogen) atoms. The number of pyridine rings is 1. The monoisotopic (exact) mass is 380 g/mol. The summed E-state index contributed by atoms with van der Waals surface area (Å²) in [5.74, 6) is 0.179. The molecule has 1 aromatic carbocycles. The molecule has 0 bridgehead atoms. The fourth-order valence-electron chi connectivity index (χ4n) is 1.33. The second-order valence-electron chi connectivity index (χ2n) is 3.51. The topological polar surface area (TPSA) is 59.1 Å². The van der Waals surface area contributed by atoms with E-state index in [1.54, 1.807) is 12.1 Å². The van der Waals surface area contributed by atoms with E-state index < -0.39 is 10.0 Å². The van der Waals surface area contributed by atoms with Crippen molar-refractivity contribution in [3.8, 4) is 0 Å². The molecule has 0 aliphatic heterocycles. The van der Waals surface area contributed by atoms with E-state index in [0.29, 0.717) is 4.47 Å². The molecule has 0 radical (unpaired) electrons. The third kappa shape index (κ3) is 3.39. The molecule has 0 amide bonds. The Morgan fingerprint density at radius 2 is 1.95 bits per heavy atom. The van der Waals surface area contributed by atoms with E-state index in [1.807, 2.05) is 0 Å². The van der Waals surface area contributed by atoms with Crippen LogP contribution in [0.3, 0.4) is 0 Å². The van der Waals surface area contributed by atoms with E-state index in [9.17, 15) is 8.42 Å². The van der Waals surface area contributed by atoms with E-state index in [2.05, 4.69) is 25.6 Å². The van der Waals surface area contributed by atoms with Crippen LogP contribution in [0.4, 0.5) is 5.82 Å². The molecule has 1 heterocycles. The highest BCUT2D eigenvalue weighted by Crippen LogP contribution is 2.28. The van der Waals surface area contributed by atoms with Crippen molar-refractivity contribution >= 4 is 55.0 Å². The lowest BCUT2D eigenvalue weighted by Gasteiger charge is -2.10. The van der Waals surface area contributed by atoms with Crippen LogP contribution in [0.1, 0.15) is 0 Å². The summed E-state index contributed by atoms with van der Waals surface area (Å²) in [6.45, 7) is 0. The number of nitrogens with one attached hydrogen (secondary N) is 1. The minimum atomic E-state index is -3.85. The third-order valence-electron chi connectivity index (χ3n) is 2.17. The van der Waals surface area contributed by atoms with Crippen LogP contribution < -0.4 is 4.72 Å². The molecule has 100 valence electrons. The first-order valence-electron chi connectivity index (χ1n) is 4.98. The molecule has 4 nitrogen and oxygen atoms in total. The van der Waals surface area contributed by atoms with Crippen LogP contribution in [0.2, 0.25) is 10.0 Å². The van der Waals surface area contributed by atoms with Crippen molar-refractivity contribution in [3.05, 3.63) is 51.0 Å². The molecule has 1 aromatic heterocycles. The molecule has 0 fully saturated rings. The van der Waals surface area contributed by atoms with Gasteiger partial charge in [-0.2, -0.15) is 0 Å². The minimum absolute atomic E-state index is 0.0870. The molecule has 1 N–H and O–H groups in total. The number of benzene rings is 1. The summed E-state index contributed by atoms with van der Waals surface area (Å²) < 4.78 is 27.3. The number of hydrogen-bond donors (Lipinski definition) is 1. The Kier molecular flexibility index (Phi) is 4.35. The number of anilines is 1. The standard InChI is InChI=1S/C11H7BrCl2N2O2S/c12-8-2-1-5-15-11(8)16-19(17,18)10-6-7(13)3-4-9(10)14/h1-6H,(H,15,16). The zero-order valence-electron chi connectivity index (χ0n) is 9.27. The first-order valence-corrected chi connectivity index (χ1v) is 8.02. The maximum absolute atomic E-state index is 12.2. The van der Waals surface area contributed by atoms with Gasteiger partial charge in [-0.1, -0.05) is 23.2 Å². The van der Waals surface area contributed by atoms with Crippen molar-refractivity contribution in [1.82, 2.24) is 4.98 Å². The van der Waals surface area contributed by atoms with Gasteiger partial charge in [0.25, 0.3) is 10.0 Å². The predicted molar refractivity (Wildman–Crippen MR) is 79.2 cm³/mol. The van der Waals surface area contributed by atoms with Gasteiger partial charge in [-0.3, -0.25) is 4.72 Å².